The molecule has 0 spiro atoms. The summed E-state index contributed by atoms with van der Waals surface area (Å²) >= 11 is 0. The monoisotopic (exact) mass is 493 g/mol. The molecule has 0 heterocycles. The van der Waals surface area contributed by atoms with Gasteiger partial charge in [0.1, 0.15) is 5.60 Å². The van der Waals surface area contributed by atoms with Crippen LogP contribution in [0, 0.1) is 10.1 Å². The summed E-state index contributed by atoms with van der Waals surface area (Å²) in [6.45, 7) is 6.92. The van der Waals surface area contributed by atoms with Gasteiger partial charge in [0.15, 0.2) is 5.96 Å². The van der Waals surface area contributed by atoms with Gasteiger partial charge in [-0.2, -0.15) is 0 Å². The minimum atomic E-state index is -0.513. The van der Waals surface area contributed by atoms with Gasteiger partial charge in [0.25, 0.3) is 5.69 Å². The fraction of sp³-hybridized carbons (Fsp3) is 0.529. The average molecular weight is 493 g/mol. The highest BCUT2D eigenvalue weighted by molar-refractivity contribution is 14.0. The third-order valence-electron chi connectivity index (χ3n) is 3.12. The number of guanidine groups is 1. The average Bonchev–Trinajstić information content (AvgIpc) is 2.56. The lowest BCUT2D eigenvalue weighted by Gasteiger charge is -2.19. The second-order valence-electron chi connectivity index (χ2n) is 6.56. The molecule has 1 amide bonds. The molecular weight excluding hydrogens is 465 g/mol. The predicted octanol–water partition coefficient (Wildman–Crippen LogP) is 2.79. The minimum Gasteiger partial charge on any atom is -0.444 e. The number of ether oxygens (including phenoxy) is 1. The van der Waals surface area contributed by atoms with E-state index in [0.717, 1.165) is 5.56 Å². The quantitative estimate of drug-likeness (QED) is 0.134. The van der Waals surface area contributed by atoms with Gasteiger partial charge in [-0.15, -0.1) is 24.0 Å². The van der Waals surface area contributed by atoms with Crippen molar-refractivity contribution in [3.05, 3.63) is 39.9 Å². The molecule has 1 aromatic carbocycles. The molecule has 0 aliphatic heterocycles. The van der Waals surface area contributed by atoms with Gasteiger partial charge in [0.05, 0.1) is 4.92 Å². The number of hydrogen-bond acceptors (Lipinski definition) is 5. The smallest absolute Gasteiger partial charge is 0.407 e. The van der Waals surface area contributed by atoms with Crippen LogP contribution < -0.4 is 16.0 Å². The van der Waals surface area contributed by atoms with Crippen molar-refractivity contribution in [1.82, 2.24) is 16.0 Å². The largest absolute Gasteiger partial charge is 0.444 e. The molecule has 0 saturated heterocycles. The summed E-state index contributed by atoms with van der Waals surface area (Å²) in [4.78, 5) is 26.0. The zero-order valence-electron chi connectivity index (χ0n) is 16.1. The first-order valence-corrected chi connectivity index (χ1v) is 8.36. The van der Waals surface area contributed by atoms with Crippen molar-refractivity contribution in [3.63, 3.8) is 0 Å². The lowest BCUT2D eigenvalue weighted by atomic mass is 10.2. The summed E-state index contributed by atoms with van der Waals surface area (Å²) in [6, 6.07) is 6.42. The molecule has 1 rings (SSSR count). The van der Waals surface area contributed by atoms with Crippen LogP contribution in [0.2, 0.25) is 0 Å². The van der Waals surface area contributed by atoms with Crippen molar-refractivity contribution in [2.45, 2.75) is 39.3 Å². The molecule has 0 atom stereocenters. The Bertz CT molecular complexity index is 646. The predicted molar refractivity (Wildman–Crippen MR) is 116 cm³/mol. The van der Waals surface area contributed by atoms with Crippen LogP contribution in [0.15, 0.2) is 29.3 Å². The summed E-state index contributed by atoms with van der Waals surface area (Å²) in [6.07, 6.45) is 0.252. The molecule has 0 aromatic heterocycles. The first-order valence-electron chi connectivity index (χ1n) is 8.36. The Morgan fingerprint density at radius 2 is 1.89 bits per heavy atom. The number of nitro benzene ring substituents is 1. The first kappa shape index (κ1) is 24.9. The Morgan fingerprint density at radius 1 is 1.22 bits per heavy atom. The molecule has 0 saturated carbocycles. The van der Waals surface area contributed by atoms with E-state index in [2.05, 4.69) is 20.9 Å². The Hall–Kier alpha value is -2.11. The zero-order valence-corrected chi connectivity index (χ0v) is 18.4. The summed E-state index contributed by atoms with van der Waals surface area (Å²) in [5.41, 5.74) is 0.329. The Balaban J connectivity index is 0.00000676. The van der Waals surface area contributed by atoms with Crippen molar-refractivity contribution in [3.8, 4) is 0 Å². The maximum absolute atomic E-state index is 11.5. The van der Waals surface area contributed by atoms with Crippen LogP contribution in [0.3, 0.4) is 0 Å². The Kier molecular flexibility index (Phi) is 11.3. The van der Waals surface area contributed by atoms with Crippen molar-refractivity contribution < 1.29 is 14.5 Å². The van der Waals surface area contributed by atoms with Gasteiger partial charge in [-0.3, -0.25) is 15.1 Å². The fourth-order valence-corrected chi connectivity index (χ4v) is 1.99. The number of rotatable bonds is 7. The molecule has 3 N–H and O–H groups in total. The number of non-ortho nitro benzene ring substituents is 1. The molecule has 1 aromatic rings. The van der Waals surface area contributed by atoms with Crippen molar-refractivity contribution in [2.24, 2.45) is 4.99 Å². The molecule has 0 aliphatic carbocycles. The van der Waals surface area contributed by atoms with Gasteiger partial charge in [0, 0.05) is 38.8 Å². The van der Waals surface area contributed by atoms with Gasteiger partial charge in [-0.05, 0) is 32.8 Å². The number of carbonyl (C=O) groups is 1. The Morgan fingerprint density at radius 3 is 2.48 bits per heavy atom. The third-order valence-corrected chi connectivity index (χ3v) is 3.12. The van der Waals surface area contributed by atoms with E-state index >= 15 is 0 Å². The van der Waals surface area contributed by atoms with E-state index < -0.39 is 16.6 Å². The van der Waals surface area contributed by atoms with Crippen LogP contribution >= 0.6 is 24.0 Å². The van der Waals surface area contributed by atoms with Crippen molar-refractivity contribution >= 4 is 41.7 Å². The number of nitrogens with zero attached hydrogens (tertiary/aromatic N) is 2. The highest BCUT2D eigenvalue weighted by Gasteiger charge is 2.15. The number of benzene rings is 1. The second-order valence-corrected chi connectivity index (χ2v) is 6.56. The van der Waals surface area contributed by atoms with E-state index in [0.29, 0.717) is 32.0 Å². The van der Waals surface area contributed by atoms with Gasteiger partial charge >= 0.3 is 6.09 Å². The summed E-state index contributed by atoms with van der Waals surface area (Å²) in [5.74, 6) is 0.578. The number of alkyl carbamates (subject to hydrolysis) is 1. The molecule has 27 heavy (non-hydrogen) atoms. The number of nitrogens with one attached hydrogen (secondary N) is 3. The van der Waals surface area contributed by atoms with Gasteiger partial charge in [-0.25, -0.2) is 4.79 Å². The molecule has 10 heteroatoms. The molecule has 0 unspecified atom stereocenters. The highest BCUT2D eigenvalue weighted by atomic mass is 127. The normalized spacial score (nSPS) is 11.2. The highest BCUT2D eigenvalue weighted by Crippen LogP contribution is 2.12. The van der Waals surface area contributed by atoms with Crippen LogP contribution in [0.4, 0.5) is 10.5 Å². The minimum absolute atomic E-state index is 0. The molecule has 0 radical (unpaired) electrons. The van der Waals surface area contributed by atoms with Crippen molar-refractivity contribution in [1.29, 1.82) is 0 Å². The van der Waals surface area contributed by atoms with Gasteiger partial charge in [0.2, 0.25) is 0 Å². The molecule has 0 bridgehead atoms. The van der Waals surface area contributed by atoms with E-state index in [1.807, 2.05) is 20.8 Å². The molecule has 0 fully saturated rings. The first-order chi connectivity index (χ1) is 12.2. The van der Waals surface area contributed by atoms with Crippen LogP contribution in [0.1, 0.15) is 32.8 Å². The van der Waals surface area contributed by atoms with E-state index in [9.17, 15) is 14.9 Å². The SMILES string of the molecule is CN=C(NCCCNC(=O)OC(C)(C)C)NCc1cccc([N+](=O)[O-])c1.I. The fourth-order valence-electron chi connectivity index (χ4n) is 1.99. The van der Waals surface area contributed by atoms with E-state index in [4.69, 9.17) is 4.74 Å². The van der Waals surface area contributed by atoms with E-state index in [-0.39, 0.29) is 29.7 Å². The van der Waals surface area contributed by atoms with E-state index in [1.54, 1.807) is 19.2 Å². The number of hydrogen-bond donors (Lipinski definition) is 3. The summed E-state index contributed by atoms with van der Waals surface area (Å²) in [5, 5.41) is 19.7. The molecule has 0 aliphatic rings. The molecule has 152 valence electrons. The lowest BCUT2D eigenvalue weighted by molar-refractivity contribution is -0.384. The maximum atomic E-state index is 11.5. The van der Waals surface area contributed by atoms with Crippen LogP contribution in [0.25, 0.3) is 0 Å². The lowest BCUT2D eigenvalue weighted by Crippen LogP contribution is -2.39. The van der Waals surface area contributed by atoms with Crippen LogP contribution in [-0.4, -0.2) is 42.7 Å². The standard InChI is InChI=1S/C17H27N5O4.HI/c1-17(2,3)26-16(23)20-10-6-9-19-15(18-4)21-12-13-7-5-8-14(11-13)22(24)25;/h5,7-8,11H,6,9-10,12H2,1-4H3,(H,20,23)(H2,18,19,21);1H. The maximum Gasteiger partial charge on any atom is 0.407 e. The summed E-state index contributed by atoms with van der Waals surface area (Å²) < 4.78 is 5.15. The van der Waals surface area contributed by atoms with Crippen molar-refractivity contribution in [2.75, 3.05) is 20.1 Å². The zero-order chi connectivity index (χ0) is 19.6. The summed E-state index contributed by atoms with van der Waals surface area (Å²) in [7, 11) is 1.64. The van der Waals surface area contributed by atoms with E-state index in [1.165, 1.54) is 12.1 Å². The third kappa shape index (κ3) is 11.3. The molecular formula is C17H28IN5O4. The number of halogens is 1. The van der Waals surface area contributed by atoms with Gasteiger partial charge in [-0.1, -0.05) is 12.1 Å². The number of carbonyl (C=O) groups excluding carboxylic acids is 1. The topological polar surface area (TPSA) is 118 Å². The van der Waals surface area contributed by atoms with Crippen LogP contribution in [0.5, 0.6) is 0 Å². The second kappa shape index (κ2) is 12.3. The van der Waals surface area contributed by atoms with Gasteiger partial charge < -0.3 is 20.7 Å². The molecule has 9 nitrogen and oxygen atoms in total. The number of amides is 1. The Labute approximate surface area is 176 Å². The number of nitro groups is 1. The number of aliphatic imine (C=N–C) groups is 1. The van der Waals surface area contributed by atoms with Crippen LogP contribution in [-0.2, 0) is 11.3 Å².